The number of halogens is 1. The van der Waals surface area contributed by atoms with Gasteiger partial charge >= 0.3 is 0 Å². The summed E-state index contributed by atoms with van der Waals surface area (Å²) in [5.41, 5.74) is 1.22. The second-order valence-corrected chi connectivity index (χ2v) is 12.5. The molecule has 1 N–H and O–H groups in total. The van der Waals surface area contributed by atoms with Crippen molar-refractivity contribution in [2.75, 3.05) is 17.4 Å². The maximum Gasteiger partial charge on any atom is 0.264 e. The van der Waals surface area contributed by atoms with E-state index in [0.29, 0.717) is 18.7 Å². The number of anilines is 1. The smallest absolute Gasteiger partial charge is 0.264 e. The van der Waals surface area contributed by atoms with Crippen LogP contribution in [0.25, 0.3) is 0 Å². The van der Waals surface area contributed by atoms with E-state index in [2.05, 4.69) is 27.9 Å². The molecule has 1 unspecified atom stereocenters. The summed E-state index contributed by atoms with van der Waals surface area (Å²) >= 11 is 2.15. The molecule has 0 aliphatic carbocycles. The maximum absolute atomic E-state index is 14.0. The van der Waals surface area contributed by atoms with Crippen molar-refractivity contribution in [1.82, 2.24) is 10.2 Å². The van der Waals surface area contributed by atoms with Gasteiger partial charge in [0.25, 0.3) is 10.0 Å². The molecule has 0 aliphatic rings. The van der Waals surface area contributed by atoms with Crippen LogP contribution in [-0.4, -0.2) is 44.3 Å². The summed E-state index contributed by atoms with van der Waals surface area (Å²) in [5.74, 6) is -0.460. The van der Waals surface area contributed by atoms with Gasteiger partial charge in [0.15, 0.2) is 0 Å². The first-order chi connectivity index (χ1) is 18.1. The number of rotatable bonds is 12. The Morgan fingerprint density at radius 2 is 1.47 bits per heavy atom. The van der Waals surface area contributed by atoms with Gasteiger partial charge in [0.2, 0.25) is 11.8 Å². The summed E-state index contributed by atoms with van der Waals surface area (Å²) in [4.78, 5) is 28.7. The lowest BCUT2D eigenvalue weighted by molar-refractivity contribution is -0.140. The summed E-state index contributed by atoms with van der Waals surface area (Å²) in [6, 6.07) is 23.7. The minimum atomic E-state index is -4.06. The van der Waals surface area contributed by atoms with Gasteiger partial charge in [0.1, 0.15) is 12.6 Å². The maximum atomic E-state index is 14.0. The molecule has 0 radical (unpaired) electrons. The zero-order valence-electron chi connectivity index (χ0n) is 21.9. The lowest BCUT2D eigenvalue weighted by Gasteiger charge is -2.33. The number of hydrogen-bond acceptors (Lipinski definition) is 4. The molecule has 0 aromatic heterocycles. The Labute approximate surface area is 239 Å². The molecule has 0 spiro atoms. The molecule has 7 nitrogen and oxygen atoms in total. The highest BCUT2D eigenvalue weighted by Gasteiger charge is 2.33. The van der Waals surface area contributed by atoms with E-state index in [1.165, 1.54) is 17.0 Å². The van der Waals surface area contributed by atoms with Crippen LogP contribution in [0.15, 0.2) is 89.8 Å². The molecular weight excluding hydrogens is 613 g/mol. The van der Waals surface area contributed by atoms with E-state index in [0.717, 1.165) is 13.4 Å². The van der Waals surface area contributed by atoms with Crippen LogP contribution in [0.2, 0.25) is 0 Å². The van der Waals surface area contributed by atoms with Crippen LogP contribution in [0.1, 0.15) is 32.8 Å². The Bertz CT molecular complexity index is 1300. The predicted molar refractivity (Wildman–Crippen MR) is 159 cm³/mol. The van der Waals surface area contributed by atoms with E-state index in [1.807, 2.05) is 51.1 Å². The van der Waals surface area contributed by atoms with Crippen molar-refractivity contribution < 1.29 is 18.0 Å². The highest BCUT2D eigenvalue weighted by molar-refractivity contribution is 14.1. The fraction of sp³-hybridized carbons (Fsp3) is 0.310. The Morgan fingerprint density at radius 3 is 2.03 bits per heavy atom. The third-order valence-electron chi connectivity index (χ3n) is 5.99. The van der Waals surface area contributed by atoms with Crippen LogP contribution in [0.3, 0.4) is 0 Å². The van der Waals surface area contributed by atoms with Crippen molar-refractivity contribution in [3.8, 4) is 0 Å². The van der Waals surface area contributed by atoms with Crippen LogP contribution >= 0.6 is 22.6 Å². The second kappa shape index (κ2) is 13.7. The fourth-order valence-corrected chi connectivity index (χ4v) is 5.77. The van der Waals surface area contributed by atoms with E-state index < -0.39 is 28.5 Å². The number of carbonyl (C=O) groups is 2. The van der Waals surface area contributed by atoms with Gasteiger partial charge in [-0.15, -0.1) is 0 Å². The summed E-state index contributed by atoms with van der Waals surface area (Å²) in [7, 11) is -4.06. The second-order valence-electron chi connectivity index (χ2n) is 9.37. The molecule has 202 valence electrons. The Hall–Kier alpha value is -2.92. The van der Waals surface area contributed by atoms with Crippen LogP contribution < -0.4 is 9.62 Å². The quantitative estimate of drug-likeness (QED) is 0.279. The van der Waals surface area contributed by atoms with Crippen LogP contribution in [0, 0.1) is 9.49 Å². The zero-order chi connectivity index (χ0) is 27.7. The summed E-state index contributed by atoms with van der Waals surface area (Å²) in [5, 5.41) is 2.94. The molecule has 0 fully saturated rings. The number of benzene rings is 3. The van der Waals surface area contributed by atoms with E-state index in [4.69, 9.17) is 0 Å². The molecule has 0 heterocycles. The van der Waals surface area contributed by atoms with Crippen molar-refractivity contribution in [2.24, 2.45) is 5.92 Å². The molecule has 38 heavy (non-hydrogen) atoms. The Morgan fingerprint density at radius 1 is 0.895 bits per heavy atom. The predicted octanol–water partition coefficient (Wildman–Crippen LogP) is 5.07. The Balaban J connectivity index is 2.01. The number of nitrogens with zero attached hydrogens (tertiary/aromatic N) is 2. The van der Waals surface area contributed by atoms with Gasteiger partial charge in [-0.2, -0.15) is 0 Å². The first-order valence-electron chi connectivity index (χ1n) is 12.6. The van der Waals surface area contributed by atoms with Crippen LogP contribution in [-0.2, 0) is 26.2 Å². The molecule has 3 aromatic carbocycles. The third kappa shape index (κ3) is 7.80. The van der Waals surface area contributed by atoms with E-state index >= 15 is 0 Å². The van der Waals surface area contributed by atoms with Crippen molar-refractivity contribution in [2.45, 2.75) is 44.7 Å². The minimum absolute atomic E-state index is 0.0858. The number of amides is 2. The van der Waals surface area contributed by atoms with E-state index in [-0.39, 0.29) is 23.3 Å². The van der Waals surface area contributed by atoms with Gasteiger partial charge in [-0.25, -0.2) is 8.42 Å². The first-order valence-corrected chi connectivity index (χ1v) is 15.1. The average Bonchev–Trinajstić information content (AvgIpc) is 2.92. The fourth-order valence-electron chi connectivity index (χ4n) is 3.98. The number of sulfonamides is 1. The van der Waals surface area contributed by atoms with Gasteiger partial charge in [0.05, 0.1) is 10.6 Å². The SMILES string of the molecule is CCC(C(=O)NCC(C)C)N(Cc1ccccc1)C(=O)CN(c1ccc(I)cc1)S(=O)(=O)c1ccccc1. The van der Waals surface area contributed by atoms with Crippen molar-refractivity contribution in [1.29, 1.82) is 0 Å². The normalized spacial score (nSPS) is 12.1. The number of nitrogens with one attached hydrogen (secondary N) is 1. The molecule has 0 saturated carbocycles. The van der Waals surface area contributed by atoms with Crippen LogP contribution in [0.4, 0.5) is 5.69 Å². The van der Waals surface area contributed by atoms with Gasteiger partial charge in [-0.3, -0.25) is 13.9 Å². The largest absolute Gasteiger partial charge is 0.354 e. The minimum Gasteiger partial charge on any atom is -0.354 e. The van der Waals surface area contributed by atoms with Gasteiger partial charge < -0.3 is 10.2 Å². The molecule has 3 aromatic rings. The molecule has 3 rings (SSSR count). The number of carbonyl (C=O) groups excluding carboxylic acids is 2. The van der Waals surface area contributed by atoms with Crippen LogP contribution in [0.5, 0.6) is 0 Å². The molecular formula is C29H34IN3O4S. The topological polar surface area (TPSA) is 86.8 Å². The van der Waals surface area contributed by atoms with Gasteiger partial charge in [-0.05, 0) is 76.9 Å². The lowest BCUT2D eigenvalue weighted by Crippen LogP contribution is -2.52. The first kappa shape index (κ1) is 29.6. The van der Waals surface area contributed by atoms with Crippen molar-refractivity contribution in [3.05, 3.63) is 94.1 Å². The molecule has 2 amide bonds. The molecule has 1 atom stereocenters. The summed E-state index contributed by atoms with van der Waals surface area (Å²) in [6.07, 6.45) is 0.386. The van der Waals surface area contributed by atoms with Gasteiger partial charge in [-0.1, -0.05) is 69.3 Å². The highest BCUT2D eigenvalue weighted by Crippen LogP contribution is 2.25. The van der Waals surface area contributed by atoms with E-state index in [9.17, 15) is 18.0 Å². The van der Waals surface area contributed by atoms with Crippen molar-refractivity contribution in [3.63, 3.8) is 0 Å². The standard InChI is InChI=1S/C29H34IN3O4S/c1-4-27(29(35)31-19-22(2)3)32(20-23-11-7-5-8-12-23)28(34)21-33(25-17-15-24(30)16-18-25)38(36,37)26-13-9-6-10-14-26/h5-18,22,27H,4,19-21H2,1-3H3,(H,31,35). The Kier molecular flexibility index (Phi) is 10.7. The molecule has 9 heteroatoms. The highest BCUT2D eigenvalue weighted by atomic mass is 127. The van der Waals surface area contributed by atoms with Crippen molar-refractivity contribution >= 4 is 50.1 Å². The molecule has 0 aliphatic heterocycles. The summed E-state index contributed by atoms with van der Waals surface area (Å²) in [6.45, 7) is 6.07. The van der Waals surface area contributed by atoms with Gasteiger partial charge in [0, 0.05) is 16.7 Å². The average molecular weight is 648 g/mol. The van der Waals surface area contributed by atoms with E-state index in [1.54, 1.807) is 42.5 Å². The number of hydrogen-bond donors (Lipinski definition) is 1. The monoisotopic (exact) mass is 647 g/mol. The molecule has 0 saturated heterocycles. The summed E-state index contributed by atoms with van der Waals surface area (Å²) < 4.78 is 29.6. The molecule has 0 bridgehead atoms. The lowest BCUT2D eigenvalue weighted by atomic mass is 10.1. The zero-order valence-corrected chi connectivity index (χ0v) is 24.9. The third-order valence-corrected chi connectivity index (χ3v) is 8.50.